The molecule has 4 aromatic carbocycles. The van der Waals surface area contributed by atoms with Crippen molar-refractivity contribution >= 4 is 43.5 Å². The first-order valence-corrected chi connectivity index (χ1v) is 17.0. The maximum absolute atomic E-state index is 14.5. The van der Waals surface area contributed by atoms with Crippen molar-refractivity contribution in [3.05, 3.63) is 125 Å². The third kappa shape index (κ3) is 9.18. The highest BCUT2D eigenvalue weighted by Crippen LogP contribution is 2.26. The van der Waals surface area contributed by atoms with Gasteiger partial charge in [-0.1, -0.05) is 89.9 Å². The number of nitrogens with zero attached hydrogens (tertiary/aromatic N) is 2. The number of amides is 2. The molecule has 4 aromatic rings. The van der Waals surface area contributed by atoms with E-state index in [-0.39, 0.29) is 23.8 Å². The number of sulfonamides is 1. The SMILES string of the molecule is CCCCNC(=O)C(Cc1ccccc1)N(Cc1ccc(Br)cc1)C(=O)CN(c1ccccc1)S(=O)(=O)c1ccc(OC)cc1. The number of para-hydroxylation sites is 1. The minimum absolute atomic E-state index is 0.0116. The van der Waals surface area contributed by atoms with Gasteiger partial charge < -0.3 is 15.0 Å². The van der Waals surface area contributed by atoms with Crippen LogP contribution in [0.5, 0.6) is 5.75 Å². The molecule has 0 aromatic heterocycles. The summed E-state index contributed by atoms with van der Waals surface area (Å²) in [7, 11) is -2.68. The number of benzene rings is 4. The summed E-state index contributed by atoms with van der Waals surface area (Å²) < 4.78 is 35.4. The van der Waals surface area contributed by atoms with E-state index < -0.39 is 28.5 Å². The molecule has 0 radical (unpaired) electrons. The van der Waals surface area contributed by atoms with Crippen LogP contribution >= 0.6 is 15.9 Å². The molecule has 10 heteroatoms. The molecule has 0 aliphatic rings. The van der Waals surface area contributed by atoms with E-state index in [4.69, 9.17) is 4.74 Å². The fourth-order valence-corrected chi connectivity index (χ4v) is 6.52. The van der Waals surface area contributed by atoms with Crippen molar-refractivity contribution in [3.8, 4) is 5.75 Å². The van der Waals surface area contributed by atoms with Crippen LogP contribution in [0.3, 0.4) is 0 Å². The summed E-state index contributed by atoms with van der Waals surface area (Å²) in [5.74, 6) is -0.290. The Labute approximate surface area is 274 Å². The van der Waals surface area contributed by atoms with Crippen LogP contribution in [0.15, 0.2) is 119 Å². The lowest BCUT2D eigenvalue weighted by Gasteiger charge is -2.34. The van der Waals surface area contributed by atoms with Gasteiger partial charge in [0, 0.05) is 24.0 Å². The summed E-state index contributed by atoms with van der Waals surface area (Å²) in [5, 5.41) is 3.00. The molecule has 0 saturated heterocycles. The van der Waals surface area contributed by atoms with E-state index in [1.807, 2.05) is 61.5 Å². The smallest absolute Gasteiger partial charge is 0.264 e. The number of nitrogens with one attached hydrogen (secondary N) is 1. The summed E-state index contributed by atoms with van der Waals surface area (Å²) in [6.45, 7) is 2.11. The van der Waals surface area contributed by atoms with Crippen LogP contribution in [0.4, 0.5) is 5.69 Å². The van der Waals surface area contributed by atoms with Crippen LogP contribution in [-0.4, -0.2) is 51.4 Å². The standard InChI is InChI=1S/C35H38BrN3O5S/c1-3-4-23-37-35(41)33(24-27-11-7-5-8-12-27)38(25-28-15-17-29(36)18-16-28)34(40)26-39(30-13-9-6-10-14-30)45(42,43)32-21-19-31(44-2)20-22-32/h5-22,33H,3-4,23-26H2,1-2H3,(H,37,41). The fourth-order valence-electron chi connectivity index (χ4n) is 4.84. The van der Waals surface area contributed by atoms with Gasteiger partial charge in [-0.15, -0.1) is 0 Å². The van der Waals surface area contributed by atoms with E-state index in [9.17, 15) is 18.0 Å². The zero-order valence-corrected chi connectivity index (χ0v) is 27.8. The second kappa shape index (κ2) is 16.2. The summed E-state index contributed by atoms with van der Waals surface area (Å²) in [6.07, 6.45) is 1.96. The largest absolute Gasteiger partial charge is 0.497 e. The topological polar surface area (TPSA) is 96.0 Å². The number of ether oxygens (including phenoxy) is 1. The van der Waals surface area contributed by atoms with Gasteiger partial charge in [0.05, 0.1) is 17.7 Å². The van der Waals surface area contributed by atoms with E-state index in [0.29, 0.717) is 18.0 Å². The van der Waals surface area contributed by atoms with E-state index in [1.165, 1.54) is 24.1 Å². The summed E-state index contributed by atoms with van der Waals surface area (Å²) >= 11 is 3.46. The Balaban J connectivity index is 1.76. The lowest BCUT2D eigenvalue weighted by atomic mass is 10.0. The summed E-state index contributed by atoms with van der Waals surface area (Å²) in [5.41, 5.74) is 2.01. The second-order valence-corrected chi connectivity index (χ2v) is 13.3. The Morgan fingerprint density at radius 2 is 1.47 bits per heavy atom. The van der Waals surface area contributed by atoms with Gasteiger partial charge in [0.15, 0.2) is 0 Å². The highest BCUT2D eigenvalue weighted by Gasteiger charge is 2.34. The molecule has 0 fully saturated rings. The molecule has 236 valence electrons. The van der Waals surface area contributed by atoms with Crippen molar-refractivity contribution in [2.24, 2.45) is 0 Å². The van der Waals surface area contributed by atoms with Crippen LogP contribution in [0, 0.1) is 0 Å². The third-order valence-corrected chi connectivity index (χ3v) is 9.65. The number of methoxy groups -OCH3 is 1. The monoisotopic (exact) mass is 691 g/mol. The number of unbranched alkanes of at least 4 members (excludes halogenated alkanes) is 1. The van der Waals surface area contributed by atoms with Crippen molar-refractivity contribution in [1.29, 1.82) is 0 Å². The van der Waals surface area contributed by atoms with E-state index in [0.717, 1.165) is 32.7 Å². The van der Waals surface area contributed by atoms with Gasteiger partial charge in [0.2, 0.25) is 11.8 Å². The van der Waals surface area contributed by atoms with Crippen molar-refractivity contribution in [2.45, 2.75) is 43.7 Å². The summed E-state index contributed by atoms with van der Waals surface area (Å²) in [4.78, 5) is 29.8. The van der Waals surface area contributed by atoms with Gasteiger partial charge in [-0.2, -0.15) is 0 Å². The minimum Gasteiger partial charge on any atom is -0.497 e. The quantitative estimate of drug-likeness (QED) is 0.150. The second-order valence-electron chi connectivity index (χ2n) is 10.5. The zero-order chi connectivity index (χ0) is 32.2. The minimum atomic E-state index is -4.19. The molecule has 45 heavy (non-hydrogen) atoms. The zero-order valence-electron chi connectivity index (χ0n) is 25.4. The maximum Gasteiger partial charge on any atom is 0.264 e. The Bertz CT molecular complexity index is 1630. The van der Waals surface area contributed by atoms with Crippen LogP contribution in [0.2, 0.25) is 0 Å². The number of carbonyl (C=O) groups excluding carboxylic acids is 2. The lowest BCUT2D eigenvalue weighted by molar-refractivity contribution is -0.140. The number of hydrogen-bond acceptors (Lipinski definition) is 5. The van der Waals surface area contributed by atoms with Gasteiger partial charge in [0.1, 0.15) is 18.3 Å². The molecule has 2 amide bonds. The van der Waals surface area contributed by atoms with Gasteiger partial charge in [-0.3, -0.25) is 13.9 Å². The Kier molecular flexibility index (Phi) is 12.2. The van der Waals surface area contributed by atoms with E-state index in [2.05, 4.69) is 21.2 Å². The van der Waals surface area contributed by atoms with Gasteiger partial charge in [0.25, 0.3) is 10.0 Å². The average Bonchev–Trinajstić information content (AvgIpc) is 3.06. The first kappa shape index (κ1) is 33.7. The predicted molar refractivity (Wildman–Crippen MR) is 181 cm³/mol. The molecule has 0 aliphatic heterocycles. The van der Waals surface area contributed by atoms with Crippen LogP contribution in [0.25, 0.3) is 0 Å². The number of halogens is 1. The van der Waals surface area contributed by atoms with E-state index in [1.54, 1.807) is 42.5 Å². The molecular formula is C35H38BrN3O5S. The maximum atomic E-state index is 14.5. The normalized spacial score (nSPS) is 11.8. The predicted octanol–water partition coefficient (Wildman–Crippen LogP) is 6.21. The molecular weight excluding hydrogens is 654 g/mol. The molecule has 0 saturated carbocycles. The molecule has 0 spiro atoms. The molecule has 0 bridgehead atoms. The Morgan fingerprint density at radius 1 is 0.844 bits per heavy atom. The summed E-state index contributed by atoms with van der Waals surface area (Å²) in [6, 6.07) is 30.6. The molecule has 8 nitrogen and oxygen atoms in total. The molecule has 1 N–H and O–H groups in total. The molecule has 1 unspecified atom stereocenters. The average molecular weight is 693 g/mol. The van der Waals surface area contributed by atoms with Crippen molar-refractivity contribution in [2.75, 3.05) is 24.5 Å². The van der Waals surface area contributed by atoms with Gasteiger partial charge in [-0.05, 0) is 66.1 Å². The number of rotatable bonds is 15. The third-order valence-electron chi connectivity index (χ3n) is 7.34. The van der Waals surface area contributed by atoms with Crippen molar-refractivity contribution in [3.63, 3.8) is 0 Å². The Hall–Kier alpha value is -4.15. The lowest BCUT2D eigenvalue weighted by Crippen LogP contribution is -2.53. The molecule has 0 heterocycles. The van der Waals surface area contributed by atoms with Gasteiger partial charge in [-0.25, -0.2) is 8.42 Å². The fraction of sp³-hybridized carbons (Fsp3) is 0.257. The van der Waals surface area contributed by atoms with Crippen LogP contribution in [-0.2, 0) is 32.6 Å². The highest BCUT2D eigenvalue weighted by atomic mass is 79.9. The number of anilines is 1. The van der Waals surface area contributed by atoms with Crippen molar-refractivity contribution in [1.82, 2.24) is 10.2 Å². The van der Waals surface area contributed by atoms with Gasteiger partial charge >= 0.3 is 0 Å². The first-order chi connectivity index (χ1) is 21.7. The van der Waals surface area contributed by atoms with E-state index >= 15 is 0 Å². The molecule has 0 aliphatic carbocycles. The first-order valence-electron chi connectivity index (χ1n) is 14.8. The molecule has 1 atom stereocenters. The van der Waals surface area contributed by atoms with Crippen molar-refractivity contribution < 1.29 is 22.7 Å². The highest BCUT2D eigenvalue weighted by molar-refractivity contribution is 9.10. The number of carbonyl (C=O) groups is 2. The Morgan fingerprint density at radius 3 is 2.07 bits per heavy atom. The number of hydrogen-bond donors (Lipinski definition) is 1. The van der Waals surface area contributed by atoms with Crippen LogP contribution < -0.4 is 14.4 Å². The molecule has 4 rings (SSSR count). The van der Waals surface area contributed by atoms with Crippen LogP contribution in [0.1, 0.15) is 30.9 Å².